The average Bonchev–Trinajstić information content (AvgIpc) is 2.28. The molecule has 0 N–H and O–H groups in total. The van der Waals surface area contributed by atoms with E-state index >= 15 is 0 Å². The SMILES string of the molecule is CCOC(C)(C)C(=O)c1cc(F)ccc1OC. The first-order valence-corrected chi connectivity index (χ1v) is 5.44. The van der Waals surface area contributed by atoms with Crippen molar-refractivity contribution >= 4 is 5.78 Å². The van der Waals surface area contributed by atoms with Gasteiger partial charge in [0.25, 0.3) is 0 Å². The predicted molar refractivity (Wildman–Crippen MR) is 63.0 cm³/mol. The molecule has 0 aliphatic carbocycles. The first kappa shape index (κ1) is 13.6. The maximum atomic E-state index is 13.2. The summed E-state index contributed by atoms with van der Waals surface area (Å²) < 4.78 is 23.6. The Hall–Kier alpha value is -1.42. The van der Waals surface area contributed by atoms with Gasteiger partial charge in [-0.3, -0.25) is 4.79 Å². The smallest absolute Gasteiger partial charge is 0.197 e. The van der Waals surface area contributed by atoms with Crippen LogP contribution in [0.4, 0.5) is 4.39 Å². The van der Waals surface area contributed by atoms with Crippen molar-refractivity contribution in [3.05, 3.63) is 29.6 Å². The highest BCUT2D eigenvalue weighted by atomic mass is 19.1. The van der Waals surface area contributed by atoms with Crippen LogP contribution in [0.2, 0.25) is 0 Å². The van der Waals surface area contributed by atoms with Crippen molar-refractivity contribution in [2.45, 2.75) is 26.4 Å². The molecule has 0 amide bonds. The second-order valence-corrected chi connectivity index (χ2v) is 4.12. The number of ether oxygens (including phenoxy) is 2. The zero-order valence-electron chi connectivity index (χ0n) is 10.5. The summed E-state index contributed by atoms with van der Waals surface area (Å²) in [6.45, 7) is 5.53. The van der Waals surface area contributed by atoms with Gasteiger partial charge < -0.3 is 9.47 Å². The van der Waals surface area contributed by atoms with Crippen molar-refractivity contribution in [1.29, 1.82) is 0 Å². The lowest BCUT2D eigenvalue weighted by atomic mass is 9.95. The summed E-state index contributed by atoms with van der Waals surface area (Å²) in [6, 6.07) is 3.86. The third-order valence-corrected chi connectivity index (χ3v) is 2.46. The average molecular weight is 240 g/mol. The molecule has 0 heterocycles. The largest absolute Gasteiger partial charge is 0.496 e. The van der Waals surface area contributed by atoms with Gasteiger partial charge in [0.2, 0.25) is 0 Å². The van der Waals surface area contributed by atoms with E-state index in [1.165, 1.54) is 25.3 Å². The molecule has 3 nitrogen and oxygen atoms in total. The number of hydrogen-bond donors (Lipinski definition) is 0. The molecule has 1 aromatic carbocycles. The van der Waals surface area contributed by atoms with Gasteiger partial charge in [-0.05, 0) is 39.0 Å². The number of halogens is 1. The van der Waals surface area contributed by atoms with Gasteiger partial charge in [-0.15, -0.1) is 0 Å². The summed E-state index contributed by atoms with van der Waals surface area (Å²) in [5.74, 6) is -0.415. The first-order valence-electron chi connectivity index (χ1n) is 5.44. The fourth-order valence-electron chi connectivity index (χ4n) is 1.61. The van der Waals surface area contributed by atoms with Crippen LogP contribution >= 0.6 is 0 Å². The van der Waals surface area contributed by atoms with Crippen LogP contribution < -0.4 is 4.74 Å². The van der Waals surface area contributed by atoms with Gasteiger partial charge in [-0.25, -0.2) is 4.39 Å². The van der Waals surface area contributed by atoms with Crippen molar-refractivity contribution in [2.75, 3.05) is 13.7 Å². The van der Waals surface area contributed by atoms with Crippen LogP contribution in [0, 0.1) is 5.82 Å². The van der Waals surface area contributed by atoms with Crippen LogP contribution in [0.15, 0.2) is 18.2 Å². The minimum atomic E-state index is -0.990. The molecule has 0 spiro atoms. The topological polar surface area (TPSA) is 35.5 Å². The number of ketones is 1. The fourth-order valence-corrected chi connectivity index (χ4v) is 1.61. The van der Waals surface area contributed by atoms with E-state index in [9.17, 15) is 9.18 Å². The Bertz CT molecular complexity index is 413. The first-order chi connectivity index (χ1) is 7.92. The Kier molecular flexibility index (Phi) is 4.23. The number of hydrogen-bond acceptors (Lipinski definition) is 3. The Morgan fingerprint density at radius 2 is 2.06 bits per heavy atom. The van der Waals surface area contributed by atoms with Crippen LogP contribution in [-0.4, -0.2) is 25.1 Å². The van der Waals surface area contributed by atoms with E-state index in [0.717, 1.165) is 0 Å². The van der Waals surface area contributed by atoms with Gasteiger partial charge in [-0.2, -0.15) is 0 Å². The highest BCUT2D eigenvalue weighted by Gasteiger charge is 2.31. The maximum Gasteiger partial charge on any atom is 0.197 e. The Balaban J connectivity index is 3.15. The standard InChI is InChI=1S/C13H17FO3/c1-5-17-13(2,3)12(15)10-8-9(14)6-7-11(10)16-4/h6-8H,5H2,1-4H3. The number of carbonyl (C=O) groups is 1. The summed E-state index contributed by atoms with van der Waals surface area (Å²) in [6.07, 6.45) is 0. The van der Waals surface area contributed by atoms with Gasteiger partial charge >= 0.3 is 0 Å². The lowest BCUT2D eigenvalue weighted by Crippen LogP contribution is -2.35. The third-order valence-electron chi connectivity index (χ3n) is 2.46. The molecule has 0 atom stereocenters. The highest BCUT2D eigenvalue weighted by molar-refractivity contribution is 6.04. The van der Waals surface area contributed by atoms with Crippen LogP contribution in [0.25, 0.3) is 0 Å². The Morgan fingerprint density at radius 3 is 2.59 bits per heavy atom. The van der Waals surface area contributed by atoms with E-state index in [1.807, 2.05) is 0 Å². The molecular formula is C13H17FO3. The lowest BCUT2D eigenvalue weighted by Gasteiger charge is -2.23. The molecule has 0 aromatic heterocycles. The zero-order chi connectivity index (χ0) is 13.1. The predicted octanol–water partition coefficient (Wildman–Crippen LogP) is 2.83. The molecule has 1 aromatic rings. The molecule has 0 aliphatic heterocycles. The van der Waals surface area contributed by atoms with Gasteiger partial charge in [0.05, 0.1) is 12.7 Å². The second kappa shape index (κ2) is 5.27. The maximum absolute atomic E-state index is 13.2. The second-order valence-electron chi connectivity index (χ2n) is 4.12. The van der Waals surface area contributed by atoms with E-state index in [1.54, 1.807) is 20.8 Å². The fraction of sp³-hybridized carbons (Fsp3) is 0.462. The van der Waals surface area contributed by atoms with E-state index < -0.39 is 11.4 Å². The molecule has 94 valence electrons. The molecule has 0 saturated carbocycles. The normalized spacial score (nSPS) is 11.4. The highest BCUT2D eigenvalue weighted by Crippen LogP contribution is 2.25. The van der Waals surface area contributed by atoms with Crippen molar-refractivity contribution in [3.8, 4) is 5.75 Å². The van der Waals surface area contributed by atoms with Gasteiger partial charge in [-0.1, -0.05) is 0 Å². The molecule has 0 saturated heterocycles. The molecule has 0 bridgehead atoms. The molecule has 0 aliphatic rings. The summed E-state index contributed by atoms with van der Waals surface area (Å²) in [5, 5.41) is 0. The summed E-state index contributed by atoms with van der Waals surface area (Å²) in [5.41, 5.74) is -0.790. The summed E-state index contributed by atoms with van der Waals surface area (Å²) >= 11 is 0. The number of Topliss-reactive ketones (excluding diaryl/α,β-unsaturated/α-hetero) is 1. The van der Waals surface area contributed by atoms with Crippen molar-refractivity contribution in [2.24, 2.45) is 0 Å². The van der Waals surface area contributed by atoms with Gasteiger partial charge in [0.1, 0.15) is 17.2 Å². The van der Waals surface area contributed by atoms with Crippen molar-refractivity contribution in [1.82, 2.24) is 0 Å². The molecular weight excluding hydrogens is 223 g/mol. The Morgan fingerprint density at radius 1 is 1.41 bits per heavy atom. The zero-order valence-corrected chi connectivity index (χ0v) is 10.5. The third kappa shape index (κ3) is 3.03. The van der Waals surface area contributed by atoms with E-state index in [-0.39, 0.29) is 11.3 Å². The molecule has 17 heavy (non-hydrogen) atoms. The van der Waals surface area contributed by atoms with Gasteiger partial charge in [0, 0.05) is 6.61 Å². The van der Waals surface area contributed by atoms with Crippen LogP contribution in [0.1, 0.15) is 31.1 Å². The molecule has 0 fully saturated rings. The molecule has 0 unspecified atom stereocenters. The van der Waals surface area contributed by atoms with Crippen LogP contribution in [-0.2, 0) is 4.74 Å². The summed E-state index contributed by atoms with van der Waals surface area (Å²) in [4.78, 5) is 12.2. The number of benzene rings is 1. The van der Waals surface area contributed by atoms with Gasteiger partial charge in [0.15, 0.2) is 5.78 Å². The molecule has 1 rings (SSSR count). The minimum Gasteiger partial charge on any atom is -0.496 e. The minimum absolute atomic E-state index is 0.200. The lowest BCUT2D eigenvalue weighted by molar-refractivity contribution is 0.00104. The van der Waals surface area contributed by atoms with Crippen LogP contribution in [0.5, 0.6) is 5.75 Å². The molecule has 4 heteroatoms. The quantitative estimate of drug-likeness (QED) is 0.742. The number of rotatable bonds is 5. The van der Waals surface area contributed by atoms with E-state index in [2.05, 4.69) is 0 Å². The Labute approximate surface area is 101 Å². The molecule has 0 radical (unpaired) electrons. The summed E-state index contributed by atoms with van der Waals surface area (Å²) in [7, 11) is 1.44. The monoisotopic (exact) mass is 240 g/mol. The van der Waals surface area contributed by atoms with Crippen LogP contribution in [0.3, 0.4) is 0 Å². The van der Waals surface area contributed by atoms with E-state index in [4.69, 9.17) is 9.47 Å². The van der Waals surface area contributed by atoms with Crippen molar-refractivity contribution < 1.29 is 18.7 Å². The number of carbonyl (C=O) groups excluding carboxylic acids is 1. The van der Waals surface area contributed by atoms with E-state index in [0.29, 0.717) is 12.4 Å². The number of methoxy groups -OCH3 is 1. The van der Waals surface area contributed by atoms with Crippen molar-refractivity contribution in [3.63, 3.8) is 0 Å².